The summed E-state index contributed by atoms with van der Waals surface area (Å²) in [5.41, 5.74) is 0. The number of aromatic nitrogens is 2. The topological polar surface area (TPSA) is 54.2 Å². The van der Waals surface area contributed by atoms with Gasteiger partial charge < -0.3 is 14.7 Å². The van der Waals surface area contributed by atoms with E-state index >= 15 is 0 Å². The summed E-state index contributed by atoms with van der Waals surface area (Å²) in [4.78, 5) is 6.49. The molecule has 0 aliphatic carbocycles. The van der Waals surface area contributed by atoms with Gasteiger partial charge in [0.1, 0.15) is 0 Å². The molecule has 0 fully saturated rings. The fourth-order valence-electron chi connectivity index (χ4n) is 1.69. The predicted molar refractivity (Wildman–Crippen MR) is 69.3 cm³/mol. The van der Waals surface area contributed by atoms with Gasteiger partial charge >= 0.3 is 0 Å². The van der Waals surface area contributed by atoms with Crippen LogP contribution in [-0.4, -0.2) is 35.8 Å². The van der Waals surface area contributed by atoms with Crippen LogP contribution in [-0.2, 0) is 6.42 Å². The first-order chi connectivity index (χ1) is 8.21. The van der Waals surface area contributed by atoms with Crippen molar-refractivity contribution in [2.45, 2.75) is 46.6 Å². The number of hydrogen-bond donors (Lipinski definition) is 1. The molecule has 0 spiro atoms. The van der Waals surface area contributed by atoms with Crippen LogP contribution in [0.5, 0.6) is 0 Å². The summed E-state index contributed by atoms with van der Waals surface area (Å²) in [6.45, 7) is 11.3. The Morgan fingerprint density at radius 1 is 1.29 bits per heavy atom. The number of rotatable bonds is 8. The average Bonchev–Trinajstić information content (AvgIpc) is 2.76. The molecule has 1 unspecified atom stereocenters. The summed E-state index contributed by atoms with van der Waals surface area (Å²) in [7, 11) is 0. The lowest BCUT2D eigenvalue weighted by molar-refractivity contribution is 0.361. The van der Waals surface area contributed by atoms with Crippen molar-refractivity contribution in [1.82, 2.24) is 15.5 Å². The van der Waals surface area contributed by atoms with Gasteiger partial charge in [-0.05, 0) is 38.9 Å². The van der Waals surface area contributed by atoms with E-state index in [1.54, 1.807) is 0 Å². The maximum absolute atomic E-state index is 5.26. The second-order valence-electron chi connectivity index (χ2n) is 4.22. The van der Waals surface area contributed by atoms with Gasteiger partial charge in [0, 0.05) is 25.6 Å². The van der Waals surface area contributed by atoms with Gasteiger partial charge in [0.2, 0.25) is 5.89 Å². The highest BCUT2D eigenvalue weighted by molar-refractivity contribution is 5.26. The van der Waals surface area contributed by atoms with Crippen LogP contribution in [0.1, 0.15) is 40.0 Å². The smallest absolute Gasteiger partial charge is 0.266 e. The number of anilines is 1. The predicted octanol–water partition coefficient (Wildman–Crippen LogP) is 1.85. The monoisotopic (exact) mass is 240 g/mol. The van der Waals surface area contributed by atoms with Gasteiger partial charge in [0.25, 0.3) is 5.95 Å². The SMILES string of the molecule is CCCNC(C)Cc1nc(N(CC)CC)no1. The van der Waals surface area contributed by atoms with E-state index in [2.05, 4.69) is 48.1 Å². The van der Waals surface area contributed by atoms with E-state index in [1.165, 1.54) is 0 Å². The number of nitrogens with one attached hydrogen (secondary N) is 1. The van der Waals surface area contributed by atoms with Crippen LogP contribution in [0.2, 0.25) is 0 Å². The Labute approximate surface area is 104 Å². The van der Waals surface area contributed by atoms with Gasteiger partial charge in [0.15, 0.2) is 0 Å². The first-order valence-electron chi connectivity index (χ1n) is 6.52. The Bertz CT molecular complexity index is 309. The number of hydrogen-bond acceptors (Lipinski definition) is 5. The van der Waals surface area contributed by atoms with E-state index in [9.17, 15) is 0 Å². The Morgan fingerprint density at radius 2 is 2.00 bits per heavy atom. The summed E-state index contributed by atoms with van der Waals surface area (Å²) in [6.07, 6.45) is 1.92. The molecule has 98 valence electrons. The van der Waals surface area contributed by atoms with E-state index < -0.39 is 0 Å². The standard InChI is InChI=1S/C12H24N4O/c1-5-8-13-10(4)9-11-14-12(15-17-11)16(6-2)7-3/h10,13H,5-9H2,1-4H3. The van der Waals surface area contributed by atoms with Gasteiger partial charge in [-0.1, -0.05) is 6.92 Å². The average molecular weight is 240 g/mol. The molecule has 1 heterocycles. The Kier molecular flexibility index (Phi) is 5.97. The summed E-state index contributed by atoms with van der Waals surface area (Å²) < 4.78 is 5.26. The van der Waals surface area contributed by atoms with E-state index in [0.717, 1.165) is 32.5 Å². The lowest BCUT2D eigenvalue weighted by atomic mass is 10.2. The maximum Gasteiger partial charge on any atom is 0.266 e. The molecule has 0 aliphatic heterocycles. The molecule has 0 amide bonds. The van der Waals surface area contributed by atoms with Crippen molar-refractivity contribution in [2.75, 3.05) is 24.5 Å². The molecule has 5 heteroatoms. The van der Waals surface area contributed by atoms with Crippen LogP contribution in [0.3, 0.4) is 0 Å². The second-order valence-corrected chi connectivity index (χ2v) is 4.22. The highest BCUT2D eigenvalue weighted by Crippen LogP contribution is 2.10. The molecule has 0 radical (unpaired) electrons. The molecule has 0 bridgehead atoms. The van der Waals surface area contributed by atoms with Crippen LogP contribution in [0.25, 0.3) is 0 Å². The van der Waals surface area contributed by atoms with E-state index in [0.29, 0.717) is 17.9 Å². The van der Waals surface area contributed by atoms with E-state index in [-0.39, 0.29) is 0 Å². The molecule has 1 aromatic rings. The summed E-state index contributed by atoms with van der Waals surface area (Å²) in [5.74, 6) is 1.41. The van der Waals surface area contributed by atoms with Crippen LogP contribution >= 0.6 is 0 Å². The Morgan fingerprint density at radius 3 is 2.59 bits per heavy atom. The van der Waals surface area contributed by atoms with Gasteiger partial charge in [-0.3, -0.25) is 0 Å². The lowest BCUT2D eigenvalue weighted by Crippen LogP contribution is -2.28. The minimum atomic E-state index is 0.375. The van der Waals surface area contributed by atoms with Gasteiger partial charge in [-0.15, -0.1) is 0 Å². The minimum Gasteiger partial charge on any atom is -0.339 e. The Balaban J connectivity index is 2.50. The fraction of sp³-hybridized carbons (Fsp3) is 0.833. The second kappa shape index (κ2) is 7.27. The summed E-state index contributed by atoms with van der Waals surface area (Å²) in [5, 5.41) is 7.41. The molecule has 5 nitrogen and oxygen atoms in total. The van der Waals surface area contributed by atoms with Crippen molar-refractivity contribution < 1.29 is 4.52 Å². The highest BCUT2D eigenvalue weighted by atomic mass is 16.5. The third kappa shape index (κ3) is 4.34. The molecule has 0 aromatic carbocycles. The molecular weight excluding hydrogens is 216 g/mol. The molecular formula is C12H24N4O. The first-order valence-corrected chi connectivity index (χ1v) is 6.52. The van der Waals surface area contributed by atoms with E-state index in [4.69, 9.17) is 4.52 Å². The normalized spacial score (nSPS) is 12.7. The zero-order chi connectivity index (χ0) is 12.7. The van der Waals surface area contributed by atoms with Crippen LogP contribution in [0, 0.1) is 0 Å². The van der Waals surface area contributed by atoms with Crippen molar-refractivity contribution in [2.24, 2.45) is 0 Å². The fourth-order valence-corrected chi connectivity index (χ4v) is 1.69. The highest BCUT2D eigenvalue weighted by Gasteiger charge is 2.13. The third-order valence-corrected chi connectivity index (χ3v) is 2.73. The van der Waals surface area contributed by atoms with Crippen molar-refractivity contribution >= 4 is 5.95 Å². The zero-order valence-corrected chi connectivity index (χ0v) is 11.4. The zero-order valence-electron chi connectivity index (χ0n) is 11.4. The molecule has 1 aromatic heterocycles. The van der Waals surface area contributed by atoms with Crippen molar-refractivity contribution in [3.63, 3.8) is 0 Å². The number of nitrogens with zero attached hydrogens (tertiary/aromatic N) is 3. The van der Waals surface area contributed by atoms with Gasteiger partial charge in [-0.2, -0.15) is 4.98 Å². The first kappa shape index (κ1) is 14.0. The third-order valence-electron chi connectivity index (χ3n) is 2.73. The summed E-state index contributed by atoms with van der Waals surface area (Å²) >= 11 is 0. The van der Waals surface area contributed by atoms with Crippen molar-refractivity contribution in [3.8, 4) is 0 Å². The molecule has 1 rings (SSSR count). The van der Waals surface area contributed by atoms with Crippen LogP contribution in [0.15, 0.2) is 4.52 Å². The quantitative estimate of drug-likeness (QED) is 0.751. The molecule has 17 heavy (non-hydrogen) atoms. The molecule has 1 atom stereocenters. The van der Waals surface area contributed by atoms with Gasteiger partial charge in [0.05, 0.1) is 0 Å². The molecule has 0 saturated heterocycles. The largest absolute Gasteiger partial charge is 0.339 e. The summed E-state index contributed by atoms with van der Waals surface area (Å²) in [6, 6.07) is 0.375. The van der Waals surface area contributed by atoms with Crippen molar-refractivity contribution in [1.29, 1.82) is 0 Å². The Hall–Kier alpha value is -1.10. The maximum atomic E-state index is 5.26. The molecule has 0 aliphatic rings. The lowest BCUT2D eigenvalue weighted by Gasteiger charge is -2.14. The minimum absolute atomic E-state index is 0.375. The van der Waals surface area contributed by atoms with E-state index in [1.807, 2.05) is 0 Å². The van der Waals surface area contributed by atoms with Crippen LogP contribution < -0.4 is 10.2 Å². The van der Waals surface area contributed by atoms with Gasteiger partial charge in [-0.25, -0.2) is 0 Å². The van der Waals surface area contributed by atoms with Crippen LogP contribution in [0.4, 0.5) is 5.95 Å². The molecule has 0 saturated carbocycles. The van der Waals surface area contributed by atoms with Crippen molar-refractivity contribution in [3.05, 3.63) is 5.89 Å². The molecule has 1 N–H and O–H groups in total.